The third kappa shape index (κ3) is 9.79. The second kappa shape index (κ2) is 11.2. The van der Waals surface area contributed by atoms with Crippen LogP contribution in [0.1, 0.15) is 115 Å². The van der Waals surface area contributed by atoms with Crippen LogP contribution in [-0.4, -0.2) is 0 Å². The van der Waals surface area contributed by atoms with E-state index in [1.807, 2.05) is 0 Å². The Labute approximate surface area is 166 Å². The zero-order valence-corrected chi connectivity index (χ0v) is 20.0. The van der Waals surface area contributed by atoms with Gasteiger partial charge in [0.1, 0.15) is 0 Å². The van der Waals surface area contributed by atoms with Crippen molar-refractivity contribution >= 4 is 0 Å². The van der Waals surface area contributed by atoms with E-state index in [-0.39, 0.29) is 0 Å². The van der Waals surface area contributed by atoms with Crippen molar-refractivity contribution in [2.24, 2.45) is 16.7 Å². The van der Waals surface area contributed by atoms with Gasteiger partial charge in [0.15, 0.2) is 0 Å². The minimum absolute atomic E-state index is 0.374. The molecule has 0 heteroatoms. The zero-order chi connectivity index (χ0) is 20.5. The van der Waals surface area contributed by atoms with Crippen molar-refractivity contribution in [1.29, 1.82) is 0 Å². The normalized spacial score (nSPS) is 17.4. The van der Waals surface area contributed by atoms with E-state index in [9.17, 15) is 0 Å². The van der Waals surface area contributed by atoms with Crippen LogP contribution >= 0.6 is 0 Å². The van der Waals surface area contributed by atoms with Crippen LogP contribution in [0.5, 0.6) is 0 Å². The maximum Gasteiger partial charge on any atom is -0.0197 e. The number of rotatable bonds is 11. The highest BCUT2D eigenvalue weighted by atomic mass is 14.3. The first-order valence-corrected chi connectivity index (χ1v) is 10.8. The SMILES string of the molecule is CCC(C)(C)CC=C(C)CC(C)(CC)CC(C)=C(C)C(C)CC=C(C)C. The fraction of sp³-hybridized carbons (Fsp3) is 0.769. The Morgan fingerprint density at radius 2 is 1.42 bits per heavy atom. The molecule has 0 aromatic rings. The lowest BCUT2D eigenvalue weighted by Crippen LogP contribution is -2.17. The van der Waals surface area contributed by atoms with Crippen LogP contribution in [0, 0.1) is 16.7 Å². The number of allylic oxidation sites excluding steroid dienone is 6. The molecule has 0 saturated heterocycles. The molecule has 0 N–H and O–H groups in total. The summed E-state index contributed by atoms with van der Waals surface area (Å²) in [6, 6.07) is 0. The van der Waals surface area contributed by atoms with Gasteiger partial charge in [-0.2, -0.15) is 0 Å². The molecule has 0 rings (SSSR count). The predicted molar refractivity (Wildman–Crippen MR) is 122 cm³/mol. The van der Waals surface area contributed by atoms with Gasteiger partial charge < -0.3 is 0 Å². The first-order valence-electron chi connectivity index (χ1n) is 10.8. The largest absolute Gasteiger partial charge is 0.0853 e. The van der Waals surface area contributed by atoms with E-state index < -0.39 is 0 Å². The van der Waals surface area contributed by atoms with Crippen molar-refractivity contribution in [1.82, 2.24) is 0 Å². The fourth-order valence-corrected chi connectivity index (χ4v) is 3.44. The quantitative estimate of drug-likeness (QED) is 0.322. The van der Waals surface area contributed by atoms with Crippen LogP contribution in [0.2, 0.25) is 0 Å². The summed E-state index contributed by atoms with van der Waals surface area (Å²) in [6.45, 7) is 25.7. The van der Waals surface area contributed by atoms with Crippen LogP contribution in [0.15, 0.2) is 34.4 Å². The molecule has 0 bridgehead atoms. The van der Waals surface area contributed by atoms with Crippen LogP contribution in [-0.2, 0) is 0 Å². The van der Waals surface area contributed by atoms with E-state index in [4.69, 9.17) is 0 Å². The monoisotopic (exact) mass is 360 g/mol. The lowest BCUT2D eigenvalue weighted by Gasteiger charge is -2.31. The maximum absolute atomic E-state index is 2.50. The summed E-state index contributed by atoms with van der Waals surface area (Å²) < 4.78 is 0. The average molecular weight is 361 g/mol. The third-order valence-electron chi connectivity index (χ3n) is 6.50. The van der Waals surface area contributed by atoms with Crippen molar-refractivity contribution in [2.45, 2.75) is 115 Å². The molecule has 152 valence electrons. The molecule has 0 aromatic carbocycles. The first kappa shape index (κ1) is 25.2. The Kier molecular flexibility index (Phi) is 10.8. The van der Waals surface area contributed by atoms with Gasteiger partial charge in [0.05, 0.1) is 0 Å². The summed E-state index contributed by atoms with van der Waals surface area (Å²) in [5, 5.41) is 0. The zero-order valence-electron chi connectivity index (χ0n) is 20.0. The average Bonchev–Trinajstić information content (AvgIpc) is 2.57. The van der Waals surface area contributed by atoms with Gasteiger partial charge in [-0.15, -0.1) is 0 Å². The summed E-state index contributed by atoms with van der Waals surface area (Å²) in [5.74, 6) is 0.646. The van der Waals surface area contributed by atoms with Crippen molar-refractivity contribution < 1.29 is 0 Å². The number of hydrogen-bond acceptors (Lipinski definition) is 0. The number of hydrogen-bond donors (Lipinski definition) is 0. The van der Waals surface area contributed by atoms with Gasteiger partial charge in [-0.3, -0.25) is 0 Å². The van der Waals surface area contributed by atoms with Gasteiger partial charge in [0.25, 0.3) is 0 Å². The van der Waals surface area contributed by atoms with Gasteiger partial charge >= 0.3 is 0 Å². The van der Waals surface area contributed by atoms with E-state index >= 15 is 0 Å². The first-order chi connectivity index (χ1) is 11.9. The van der Waals surface area contributed by atoms with E-state index in [2.05, 4.69) is 88.3 Å². The molecule has 2 atom stereocenters. The van der Waals surface area contributed by atoms with E-state index in [0.717, 1.165) is 0 Å². The highest BCUT2D eigenvalue weighted by Gasteiger charge is 2.24. The van der Waals surface area contributed by atoms with Gasteiger partial charge in [-0.25, -0.2) is 0 Å². The molecule has 0 aromatic heterocycles. The van der Waals surface area contributed by atoms with Crippen molar-refractivity contribution in [3.8, 4) is 0 Å². The topological polar surface area (TPSA) is 0 Å². The molecule has 0 aliphatic heterocycles. The molecule has 0 fully saturated rings. The Hall–Kier alpha value is -0.780. The second-order valence-electron chi connectivity index (χ2n) is 10.2. The molecule has 0 aliphatic carbocycles. The van der Waals surface area contributed by atoms with Gasteiger partial charge in [-0.1, -0.05) is 88.8 Å². The highest BCUT2D eigenvalue weighted by molar-refractivity contribution is 5.17. The van der Waals surface area contributed by atoms with Crippen molar-refractivity contribution in [3.63, 3.8) is 0 Å². The highest BCUT2D eigenvalue weighted by Crippen LogP contribution is 2.38. The van der Waals surface area contributed by atoms with E-state index in [0.29, 0.717) is 16.7 Å². The van der Waals surface area contributed by atoms with E-state index in [1.165, 1.54) is 44.1 Å². The van der Waals surface area contributed by atoms with Gasteiger partial charge in [-0.05, 0) is 77.0 Å². The van der Waals surface area contributed by atoms with Crippen LogP contribution in [0.3, 0.4) is 0 Å². The lowest BCUT2D eigenvalue weighted by atomic mass is 9.74. The van der Waals surface area contributed by atoms with Gasteiger partial charge in [0.2, 0.25) is 0 Å². The Bertz CT molecular complexity index is 508. The molecule has 0 heterocycles. The molecule has 26 heavy (non-hydrogen) atoms. The predicted octanol–water partition coefficient (Wildman–Crippen LogP) is 9.28. The molecule has 0 nitrogen and oxygen atoms in total. The van der Waals surface area contributed by atoms with Gasteiger partial charge in [0, 0.05) is 0 Å². The Morgan fingerprint density at radius 3 is 1.88 bits per heavy atom. The molecule has 2 unspecified atom stereocenters. The lowest BCUT2D eigenvalue weighted by molar-refractivity contribution is 0.300. The van der Waals surface area contributed by atoms with Crippen molar-refractivity contribution in [2.75, 3.05) is 0 Å². The molecular formula is C26H48. The minimum Gasteiger partial charge on any atom is -0.0853 e. The van der Waals surface area contributed by atoms with E-state index in [1.54, 1.807) is 16.7 Å². The fourth-order valence-electron chi connectivity index (χ4n) is 3.44. The maximum atomic E-state index is 2.50. The molecule has 0 amide bonds. The molecular weight excluding hydrogens is 312 g/mol. The van der Waals surface area contributed by atoms with Crippen molar-refractivity contribution in [3.05, 3.63) is 34.4 Å². The molecule has 0 aliphatic rings. The smallest absolute Gasteiger partial charge is 0.0197 e. The van der Waals surface area contributed by atoms with Crippen LogP contribution in [0.25, 0.3) is 0 Å². The summed E-state index contributed by atoms with van der Waals surface area (Å²) in [6.07, 6.45) is 12.2. The van der Waals surface area contributed by atoms with Crippen LogP contribution < -0.4 is 0 Å². The third-order valence-corrected chi connectivity index (χ3v) is 6.50. The standard InChI is InChI=1S/C26H48/c1-12-25(9,10)17-16-21(5)18-26(11,13-2)19-23(7)24(8)22(6)15-14-20(3)4/h14,16,22H,12-13,15,17-19H2,1-11H3. The molecule has 0 radical (unpaired) electrons. The second-order valence-corrected chi connectivity index (χ2v) is 10.2. The Balaban J connectivity index is 5.10. The summed E-state index contributed by atoms with van der Waals surface area (Å²) >= 11 is 0. The van der Waals surface area contributed by atoms with Crippen LogP contribution in [0.4, 0.5) is 0 Å². The summed E-state index contributed by atoms with van der Waals surface area (Å²) in [7, 11) is 0. The Morgan fingerprint density at radius 1 is 0.846 bits per heavy atom. The minimum atomic E-state index is 0.374. The molecule has 0 saturated carbocycles. The summed E-state index contributed by atoms with van der Waals surface area (Å²) in [4.78, 5) is 0. The summed E-state index contributed by atoms with van der Waals surface area (Å²) in [5.41, 5.74) is 6.99. The molecule has 0 spiro atoms.